The number of rotatable bonds is 2. The molecule has 3 heteroatoms. The van der Waals surface area contributed by atoms with Crippen molar-refractivity contribution in [3.05, 3.63) is 42.1 Å². The zero-order valence-electron chi connectivity index (χ0n) is 10.2. The molecule has 1 amide bonds. The third-order valence-corrected chi connectivity index (χ3v) is 3.68. The van der Waals surface area contributed by atoms with Crippen LogP contribution in [0.4, 0.5) is 0 Å². The molecule has 1 saturated heterocycles. The molecule has 0 saturated carbocycles. The van der Waals surface area contributed by atoms with Gasteiger partial charge in [0.05, 0.1) is 11.6 Å². The van der Waals surface area contributed by atoms with Crippen molar-refractivity contribution < 1.29 is 4.79 Å². The number of nitrogens with zero attached hydrogens (tertiary/aromatic N) is 2. The van der Waals surface area contributed by atoms with Crippen molar-refractivity contribution in [1.29, 1.82) is 0 Å². The normalized spacial score (nSPS) is 20.0. The van der Waals surface area contributed by atoms with Gasteiger partial charge in [0.25, 0.3) is 0 Å². The molecule has 1 fully saturated rings. The van der Waals surface area contributed by atoms with Crippen LogP contribution in [0.1, 0.15) is 30.9 Å². The second kappa shape index (κ2) is 4.77. The van der Waals surface area contributed by atoms with Crippen LogP contribution in [0.5, 0.6) is 0 Å². The lowest BCUT2D eigenvalue weighted by molar-refractivity contribution is -0.121. The van der Waals surface area contributed by atoms with Crippen molar-refractivity contribution in [1.82, 2.24) is 9.88 Å². The summed E-state index contributed by atoms with van der Waals surface area (Å²) >= 11 is 0. The van der Waals surface area contributed by atoms with E-state index < -0.39 is 0 Å². The number of carbonyl (C=O) groups is 1. The minimum absolute atomic E-state index is 0.202. The first-order valence-electron chi connectivity index (χ1n) is 6.44. The first kappa shape index (κ1) is 11.2. The molecule has 1 aliphatic rings. The number of fused-ring (bicyclic) bond motifs is 1. The lowest BCUT2D eigenvalue weighted by Crippen LogP contribution is -2.32. The monoisotopic (exact) mass is 240 g/mol. The van der Waals surface area contributed by atoms with Crippen molar-refractivity contribution in [2.45, 2.75) is 25.3 Å². The molecule has 2 heterocycles. The largest absolute Gasteiger partial charge is 0.338 e. The van der Waals surface area contributed by atoms with Crippen LogP contribution < -0.4 is 0 Å². The Labute approximate surface area is 106 Å². The van der Waals surface area contributed by atoms with Gasteiger partial charge < -0.3 is 4.90 Å². The standard InChI is InChI=1S/C15H16N2O/c18-11-17-8-4-3-7-15(17)13-9-12-5-1-2-6-14(12)16-10-13/h1-2,5-6,9-11,15H,3-4,7-8H2/t15-/m0/s1. The summed E-state index contributed by atoms with van der Waals surface area (Å²) in [7, 11) is 0. The quantitative estimate of drug-likeness (QED) is 0.756. The average Bonchev–Trinajstić information content (AvgIpc) is 2.46. The highest BCUT2D eigenvalue weighted by molar-refractivity contribution is 5.78. The van der Waals surface area contributed by atoms with Crippen molar-refractivity contribution in [2.75, 3.05) is 6.54 Å². The topological polar surface area (TPSA) is 33.2 Å². The molecule has 18 heavy (non-hydrogen) atoms. The van der Waals surface area contributed by atoms with Gasteiger partial charge in [-0.1, -0.05) is 18.2 Å². The van der Waals surface area contributed by atoms with Crippen LogP contribution in [0, 0.1) is 0 Å². The SMILES string of the molecule is O=CN1CCCC[C@H]1c1cnc2ccccc2c1. The first-order chi connectivity index (χ1) is 8.88. The predicted molar refractivity (Wildman–Crippen MR) is 71.1 cm³/mol. The molecule has 0 aliphatic carbocycles. The summed E-state index contributed by atoms with van der Waals surface area (Å²) in [5.41, 5.74) is 2.16. The zero-order valence-corrected chi connectivity index (χ0v) is 10.2. The molecule has 0 spiro atoms. The number of benzene rings is 1. The van der Waals surface area contributed by atoms with E-state index in [4.69, 9.17) is 0 Å². The van der Waals surface area contributed by atoms with E-state index >= 15 is 0 Å². The van der Waals surface area contributed by atoms with Gasteiger partial charge in [0.2, 0.25) is 6.41 Å². The Kier molecular flexibility index (Phi) is 2.97. The molecule has 0 unspecified atom stereocenters. The number of hydrogen-bond acceptors (Lipinski definition) is 2. The molecule has 1 aromatic carbocycles. The lowest BCUT2D eigenvalue weighted by Gasteiger charge is -2.32. The highest BCUT2D eigenvalue weighted by Gasteiger charge is 2.22. The minimum Gasteiger partial charge on any atom is -0.338 e. The maximum Gasteiger partial charge on any atom is 0.210 e. The molecule has 0 bridgehead atoms. The number of pyridine rings is 1. The van der Waals surface area contributed by atoms with E-state index in [-0.39, 0.29) is 6.04 Å². The maximum absolute atomic E-state index is 11.1. The Hall–Kier alpha value is -1.90. The summed E-state index contributed by atoms with van der Waals surface area (Å²) in [6, 6.07) is 10.5. The summed E-state index contributed by atoms with van der Waals surface area (Å²) in [5, 5.41) is 1.14. The smallest absolute Gasteiger partial charge is 0.210 e. The predicted octanol–water partition coefficient (Wildman–Crippen LogP) is 2.92. The van der Waals surface area contributed by atoms with Crippen LogP contribution in [-0.2, 0) is 4.79 Å². The van der Waals surface area contributed by atoms with Crippen LogP contribution in [-0.4, -0.2) is 22.8 Å². The van der Waals surface area contributed by atoms with Crippen LogP contribution >= 0.6 is 0 Å². The number of hydrogen-bond donors (Lipinski definition) is 0. The van der Waals surface area contributed by atoms with Crippen LogP contribution in [0.25, 0.3) is 10.9 Å². The molecule has 0 N–H and O–H groups in total. The maximum atomic E-state index is 11.1. The van der Waals surface area contributed by atoms with Gasteiger partial charge in [-0.2, -0.15) is 0 Å². The number of para-hydroxylation sites is 1. The molecular weight excluding hydrogens is 224 g/mol. The average molecular weight is 240 g/mol. The van der Waals surface area contributed by atoms with Gasteiger partial charge in [0.1, 0.15) is 0 Å². The first-order valence-corrected chi connectivity index (χ1v) is 6.44. The Morgan fingerprint density at radius 1 is 1.28 bits per heavy atom. The second-order valence-electron chi connectivity index (χ2n) is 4.82. The molecule has 3 rings (SSSR count). The summed E-state index contributed by atoms with van der Waals surface area (Å²) in [6.45, 7) is 0.862. The molecule has 1 aromatic heterocycles. The van der Waals surface area contributed by atoms with E-state index in [1.54, 1.807) is 0 Å². The van der Waals surface area contributed by atoms with Gasteiger partial charge in [-0.15, -0.1) is 0 Å². The molecular formula is C15H16N2O. The fraction of sp³-hybridized carbons (Fsp3) is 0.333. The Bertz CT molecular complexity index is 567. The zero-order chi connectivity index (χ0) is 12.4. The summed E-state index contributed by atoms with van der Waals surface area (Å²) < 4.78 is 0. The van der Waals surface area contributed by atoms with E-state index in [2.05, 4.69) is 17.1 Å². The molecule has 1 atom stereocenters. The van der Waals surface area contributed by atoms with E-state index in [1.807, 2.05) is 29.3 Å². The van der Waals surface area contributed by atoms with Crippen LogP contribution in [0.2, 0.25) is 0 Å². The van der Waals surface area contributed by atoms with E-state index in [1.165, 1.54) is 6.42 Å². The molecule has 92 valence electrons. The summed E-state index contributed by atoms with van der Waals surface area (Å²) in [5.74, 6) is 0. The van der Waals surface area contributed by atoms with E-state index in [0.29, 0.717) is 0 Å². The van der Waals surface area contributed by atoms with E-state index in [9.17, 15) is 4.79 Å². The molecule has 1 aliphatic heterocycles. The summed E-state index contributed by atoms with van der Waals surface area (Å²) in [6.07, 6.45) is 6.21. The number of piperidine rings is 1. The van der Waals surface area contributed by atoms with Gasteiger partial charge in [-0.25, -0.2) is 0 Å². The highest BCUT2D eigenvalue weighted by Crippen LogP contribution is 2.30. The lowest BCUT2D eigenvalue weighted by atomic mass is 9.96. The Morgan fingerprint density at radius 2 is 2.17 bits per heavy atom. The number of amides is 1. The number of carbonyl (C=O) groups excluding carboxylic acids is 1. The van der Waals surface area contributed by atoms with Gasteiger partial charge in [-0.05, 0) is 37.0 Å². The number of likely N-dealkylation sites (tertiary alicyclic amines) is 1. The fourth-order valence-corrected chi connectivity index (χ4v) is 2.71. The van der Waals surface area contributed by atoms with Crippen LogP contribution in [0.15, 0.2) is 36.5 Å². The molecule has 3 nitrogen and oxygen atoms in total. The number of aromatic nitrogens is 1. The van der Waals surface area contributed by atoms with E-state index in [0.717, 1.165) is 42.3 Å². The van der Waals surface area contributed by atoms with Crippen LogP contribution in [0.3, 0.4) is 0 Å². The van der Waals surface area contributed by atoms with Crippen molar-refractivity contribution in [3.63, 3.8) is 0 Å². The summed E-state index contributed by atoms with van der Waals surface area (Å²) in [4.78, 5) is 17.5. The minimum atomic E-state index is 0.202. The third kappa shape index (κ3) is 1.96. The fourth-order valence-electron chi connectivity index (χ4n) is 2.71. The Balaban J connectivity index is 1.99. The van der Waals surface area contributed by atoms with Gasteiger partial charge in [-0.3, -0.25) is 9.78 Å². The second-order valence-corrected chi connectivity index (χ2v) is 4.82. The molecule has 2 aromatic rings. The van der Waals surface area contributed by atoms with Gasteiger partial charge in [0, 0.05) is 18.1 Å². The van der Waals surface area contributed by atoms with Gasteiger partial charge in [0.15, 0.2) is 0 Å². The van der Waals surface area contributed by atoms with Crippen molar-refractivity contribution in [2.24, 2.45) is 0 Å². The van der Waals surface area contributed by atoms with Crippen molar-refractivity contribution >= 4 is 17.3 Å². The Morgan fingerprint density at radius 3 is 3.06 bits per heavy atom. The highest BCUT2D eigenvalue weighted by atomic mass is 16.1. The third-order valence-electron chi connectivity index (χ3n) is 3.68. The van der Waals surface area contributed by atoms with Crippen molar-refractivity contribution in [3.8, 4) is 0 Å². The molecule has 0 radical (unpaired) electrons. The van der Waals surface area contributed by atoms with Gasteiger partial charge >= 0.3 is 0 Å².